The van der Waals surface area contributed by atoms with Crippen molar-refractivity contribution in [1.29, 1.82) is 0 Å². The van der Waals surface area contributed by atoms with E-state index < -0.39 is 0 Å². The van der Waals surface area contributed by atoms with Gasteiger partial charge in [-0.05, 0) is 48.9 Å². The fourth-order valence-electron chi connectivity index (χ4n) is 2.00. The molecule has 0 aliphatic rings. The highest BCUT2D eigenvalue weighted by atomic mass is 79.9. The van der Waals surface area contributed by atoms with Gasteiger partial charge in [-0.25, -0.2) is 4.79 Å². The third-order valence-electron chi connectivity index (χ3n) is 3.12. The average Bonchev–Trinajstić information content (AvgIpc) is 2.47. The molecular formula is C16H15Br2NO2. The summed E-state index contributed by atoms with van der Waals surface area (Å²) >= 11 is 7.02. The van der Waals surface area contributed by atoms with Crippen LogP contribution in [-0.4, -0.2) is 13.1 Å². The lowest BCUT2D eigenvalue weighted by molar-refractivity contribution is 0.0601. The fraction of sp³-hybridized carbons (Fsp3) is 0.188. The van der Waals surface area contributed by atoms with Gasteiger partial charge in [0.05, 0.1) is 12.7 Å². The molecule has 1 N–H and O–H groups in total. The predicted molar refractivity (Wildman–Crippen MR) is 91.7 cm³/mol. The van der Waals surface area contributed by atoms with Gasteiger partial charge < -0.3 is 10.1 Å². The highest BCUT2D eigenvalue weighted by molar-refractivity contribution is 9.11. The van der Waals surface area contributed by atoms with Crippen molar-refractivity contribution in [2.45, 2.75) is 13.0 Å². The maximum Gasteiger partial charge on any atom is 0.337 e. The molecule has 21 heavy (non-hydrogen) atoms. The molecular weight excluding hydrogens is 398 g/mol. The molecule has 0 fully saturated rings. The summed E-state index contributed by atoms with van der Waals surface area (Å²) in [6, 6.07) is 13.5. The number of carbonyl (C=O) groups excluding carboxylic acids is 1. The molecule has 0 saturated carbocycles. The third-order valence-corrected chi connectivity index (χ3v) is 4.30. The maximum absolute atomic E-state index is 11.4. The van der Waals surface area contributed by atoms with Crippen LogP contribution in [0.25, 0.3) is 0 Å². The number of rotatable bonds is 4. The van der Waals surface area contributed by atoms with Crippen LogP contribution in [-0.2, 0) is 4.74 Å². The van der Waals surface area contributed by atoms with Crippen LogP contribution < -0.4 is 5.32 Å². The number of anilines is 1. The van der Waals surface area contributed by atoms with E-state index >= 15 is 0 Å². The van der Waals surface area contributed by atoms with Crippen molar-refractivity contribution in [3.8, 4) is 0 Å². The van der Waals surface area contributed by atoms with Crippen molar-refractivity contribution in [1.82, 2.24) is 0 Å². The summed E-state index contributed by atoms with van der Waals surface area (Å²) in [6.07, 6.45) is 0. The Morgan fingerprint density at radius 1 is 1.14 bits per heavy atom. The molecule has 0 bridgehead atoms. The molecule has 0 saturated heterocycles. The lowest BCUT2D eigenvalue weighted by Crippen LogP contribution is -2.08. The van der Waals surface area contributed by atoms with Gasteiger partial charge in [0, 0.05) is 20.7 Å². The lowest BCUT2D eigenvalue weighted by atomic mass is 10.1. The Morgan fingerprint density at radius 2 is 1.81 bits per heavy atom. The molecule has 5 heteroatoms. The molecule has 2 rings (SSSR count). The molecule has 0 aromatic heterocycles. The summed E-state index contributed by atoms with van der Waals surface area (Å²) in [5.41, 5.74) is 2.65. The van der Waals surface area contributed by atoms with Gasteiger partial charge in [-0.15, -0.1) is 0 Å². The Hall–Kier alpha value is -1.33. The highest BCUT2D eigenvalue weighted by Crippen LogP contribution is 2.29. The summed E-state index contributed by atoms with van der Waals surface area (Å²) in [6.45, 7) is 2.09. The van der Waals surface area contributed by atoms with Crippen LogP contribution in [0.3, 0.4) is 0 Å². The molecule has 3 nitrogen and oxygen atoms in total. The van der Waals surface area contributed by atoms with Gasteiger partial charge in [-0.1, -0.05) is 37.9 Å². The Kier molecular flexibility index (Phi) is 5.42. The van der Waals surface area contributed by atoms with Gasteiger partial charge in [0.25, 0.3) is 0 Å². The second kappa shape index (κ2) is 7.09. The number of halogens is 2. The predicted octanol–water partition coefficient (Wildman–Crippen LogP) is 5.17. The van der Waals surface area contributed by atoms with Crippen LogP contribution in [0.4, 0.5) is 5.69 Å². The minimum atomic E-state index is -0.328. The summed E-state index contributed by atoms with van der Waals surface area (Å²) in [5, 5.41) is 3.41. The average molecular weight is 413 g/mol. The molecule has 2 aromatic carbocycles. The smallest absolute Gasteiger partial charge is 0.337 e. The molecule has 0 heterocycles. The van der Waals surface area contributed by atoms with E-state index in [0.717, 1.165) is 20.2 Å². The van der Waals surface area contributed by atoms with Crippen molar-refractivity contribution < 1.29 is 9.53 Å². The van der Waals surface area contributed by atoms with E-state index in [2.05, 4.69) is 54.9 Å². The van der Waals surface area contributed by atoms with Crippen molar-refractivity contribution in [3.05, 3.63) is 62.5 Å². The molecule has 0 spiro atoms. The van der Waals surface area contributed by atoms with Crippen LogP contribution in [0.2, 0.25) is 0 Å². The number of hydrogen-bond acceptors (Lipinski definition) is 3. The van der Waals surface area contributed by atoms with Crippen LogP contribution in [0, 0.1) is 0 Å². The van der Waals surface area contributed by atoms with Crippen LogP contribution in [0.1, 0.15) is 28.9 Å². The number of hydrogen-bond donors (Lipinski definition) is 1. The molecule has 1 atom stereocenters. The Labute approximate surface area is 141 Å². The standard InChI is InChI=1S/C16H15Br2NO2/c1-10(14-8-5-12(17)9-15(14)18)19-13-6-3-11(4-7-13)16(20)21-2/h3-10,19H,1-2H3. The van der Waals surface area contributed by atoms with Crippen molar-refractivity contribution in [2.75, 3.05) is 12.4 Å². The third kappa shape index (κ3) is 4.08. The minimum Gasteiger partial charge on any atom is -0.465 e. The molecule has 110 valence electrons. The van der Waals surface area contributed by atoms with Crippen molar-refractivity contribution in [2.24, 2.45) is 0 Å². The number of ether oxygens (including phenoxy) is 1. The van der Waals surface area contributed by atoms with Crippen molar-refractivity contribution >= 4 is 43.5 Å². The fourth-order valence-corrected chi connectivity index (χ4v) is 3.39. The van der Waals surface area contributed by atoms with Gasteiger partial charge in [0.2, 0.25) is 0 Å². The summed E-state index contributed by atoms with van der Waals surface area (Å²) in [4.78, 5) is 11.4. The largest absolute Gasteiger partial charge is 0.465 e. The van der Waals surface area contributed by atoms with Gasteiger partial charge in [-0.3, -0.25) is 0 Å². The zero-order valence-corrected chi connectivity index (χ0v) is 14.9. The molecule has 0 amide bonds. The number of carbonyl (C=O) groups is 1. The first kappa shape index (κ1) is 16.0. The van der Waals surface area contributed by atoms with Crippen LogP contribution in [0.5, 0.6) is 0 Å². The van der Waals surface area contributed by atoms with Crippen LogP contribution in [0.15, 0.2) is 51.4 Å². The SMILES string of the molecule is COC(=O)c1ccc(NC(C)c2ccc(Br)cc2Br)cc1. The van der Waals surface area contributed by atoms with Gasteiger partial charge in [0.15, 0.2) is 0 Å². The first-order valence-corrected chi connectivity index (χ1v) is 7.99. The van der Waals surface area contributed by atoms with E-state index in [1.54, 1.807) is 12.1 Å². The maximum atomic E-state index is 11.4. The summed E-state index contributed by atoms with van der Waals surface area (Å²) < 4.78 is 6.76. The molecule has 0 aliphatic heterocycles. The molecule has 0 aliphatic carbocycles. The molecule has 1 unspecified atom stereocenters. The Balaban J connectivity index is 2.12. The first-order chi connectivity index (χ1) is 10.0. The van der Waals surface area contributed by atoms with E-state index in [0.29, 0.717) is 5.56 Å². The van der Waals surface area contributed by atoms with E-state index in [-0.39, 0.29) is 12.0 Å². The summed E-state index contributed by atoms with van der Waals surface area (Å²) in [5.74, 6) is -0.328. The second-order valence-corrected chi connectivity index (χ2v) is 6.37. The van der Waals surface area contributed by atoms with Crippen LogP contribution >= 0.6 is 31.9 Å². The summed E-state index contributed by atoms with van der Waals surface area (Å²) in [7, 11) is 1.38. The quantitative estimate of drug-likeness (QED) is 0.703. The van der Waals surface area contributed by atoms with Crippen molar-refractivity contribution in [3.63, 3.8) is 0 Å². The molecule has 0 radical (unpaired) electrons. The number of nitrogens with one attached hydrogen (secondary N) is 1. The number of esters is 1. The van der Waals surface area contributed by atoms with Gasteiger partial charge >= 0.3 is 5.97 Å². The lowest BCUT2D eigenvalue weighted by Gasteiger charge is -2.17. The highest BCUT2D eigenvalue weighted by Gasteiger charge is 2.10. The number of methoxy groups -OCH3 is 1. The zero-order valence-electron chi connectivity index (χ0n) is 11.7. The normalized spacial score (nSPS) is 11.8. The van der Waals surface area contributed by atoms with E-state index in [4.69, 9.17) is 0 Å². The minimum absolute atomic E-state index is 0.136. The number of benzene rings is 2. The topological polar surface area (TPSA) is 38.3 Å². The monoisotopic (exact) mass is 411 g/mol. The van der Waals surface area contributed by atoms with E-state index in [1.165, 1.54) is 7.11 Å². The van der Waals surface area contributed by atoms with Gasteiger partial charge in [-0.2, -0.15) is 0 Å². The zero-order chi connectivity index (χ0) is 15.4. The first-order valence-electron chi connectivity index (χ1n) is 6.41. The Bertz CT molecular complexity index is 641. The van der Waals surface area contributed by atoms with E-state index in [1.807, 2.05) is 24.3 Å². The van der Waals surface area contributed by atoms with E-state index in [9.17, 15) is 4.79 Å². The molecule has 2 aromatic rings. The van der Waals surface area contributed by atoms with Gasteiger partial charge in [0.1, 0.15) is 0 Å². The Morgan fingerprint density at radius 3 is 2.38 bits per heavy atom. The second-order valence-electron chi connectivity index (χ2n) is 4.60.